The minimum Gasteiger partial charge on any atom is -0.481 e. The van der Waals surface area contributed by atoms with Gasteiger partial charge in [-0.1, -0.05) is 39.5 Å². The summed E-state index contributed by atoms with van der Waals surface area (Å²) in [4.78, 5) is 9.00. The standard InChI is InChI=1S/C6H14.C2H4O2.C2H4/c1-3-5-6-4-2;1-2(3)4;1-2/h3-6H2,1-2H3;1H3,(H,3,4);1-2H2. The summed E-state index contributed by atoms with van der Waals surface area (Å²) in [6.07, 6.45) is 5.54. The Balaban J connectivity index is -0.000000118. The van der Waals surface area contributed by atoms with Gasteiger partial charge in [0, 0.05) is 6.92 Å². The Hall–Kier alpha value is -0.790. The highest BCUT2D eigenvalue weighted by molar-refractivity contribution is 5.62. The van der Waals surface area contributed by atoms with Gasteiger partial charge in [0.1, 0.15) is 0 Å². The molecular weight excluding hydrogens is 152 g/mol. The molecule has 0 aromatic rings. The topological polar surface area (TPSA) is 37.3 Å². The molecule has 0 aliphatic rings. The van der Waals surface area contributed by atoms with E-state index in [4.69, 9.17) is 9.90 Å². The van der Waals surface area contributed by atoms with Crippen LogP contribution in [0.5, 0.6) is 0 Å². The van der Waals surface area contributed by atoms with Crippen molar-refractivity contribution in [2.24, 2.45) is 0 Å². The molecule has 0 aliphatic carbocycles. The number of carbonyl (C=O) groups is 1. The monoisotopic (exact) mass is 174 g/mol. The van der Waals surface area contributed by atoms with Crippen LogP contribution in [0.3, 0.4) is 0 Å². The first-order valence-corrected chi connectivity index (χ1v) is 4.34. The zero-order valence-corrected chi connectivity index (χ0v) is 8.60. The molecule has 1 N–H and O–H groups in total. The van der Waals surface area contributed by atoms with Crippen LogP contribution in [0.1, 0.15) is 46.5 Å². The summed E-state index contributed by atoms with van der Waals surface area (Å²) in [5.74, 6) is -0.833. The predicted octanol–water partition coefficient (Wildman–Crippen LogP) is 3.48. The molecule has 0 saturated heterocycles. The van der Waals surface area contributed by atoms with E-state index in [0.717, 1.165) is 6.92 Å². The third kappa shape index (κ3) is 127. The minimum atomic E-state index is -0.833. The van der Waals surface area contributed by atoms with E-state index in [9.17, 15) is 0 Å². The maximum absolute atomic E-state index is 9.00. The first-order valence-electron chi connectivity index (χ1n) is 4.34. The minimum absolute atomic E-state index is 0.833. The van der Waals surface area contributed by atoms with Crippen molar-refractivity contribution >= 4 is 5.97 Å². The van der Waals surface area contributed by atoms with Crippen LogP contribution in [0.15, 0.2) is 13.2 Å². The Morgan fingerprint density at radius 1 is 1.17 bits per heavy atom. The summed E-state index contributed by atoms with van der Waals surface area (Å²) in [6, 6.07) is 0. The molecule has 0 heterocycles. The number of carboxylic acid groups (broad SMARTS) is 1. The van der Waals surface area contributed by atoms with Crippen molar-refractivity contribution < 1.29 is 9.90 Å². The van der Waals surface area contributed by atoms with Crippen molar-refractivity contribution in [2.45, 2.75) is 46.5 Å². The summed E-state index contributed by atoms with van der Waals surface area (Å²) < 4.78 is 0. The Kier molecular flexibility index (Phi) is 32.4. The largest absolute Gasteiger partial charge is 0.481 e. The molecule has 74 valence electrons. The van der Waals surface area contributed by atoms with Crippen molar-refractivity contribution in [3.05, 3.63) is 13.2 Å². The third-order valence-corrected chi connectivity index (χ3v) is 0.957. The van der Waals surface area contributed by atoms with Crippen LogP contribution >= 0.6 is 0 Å². The zero-order chi connectivity index (χ0) is 10.4. The quantitative estimate of drug-likeness (QED) is 0.525. The molecule has 0 rings (SSSR count). The van der Waals surface area contributed by atoms with Gasteiger partial charge in [0.05, 0.1) is 0 Å². The summed E-state index contributed by atoms with van der Waals surface area (Å²) >= 11 is 0. The Bertz CT molecular complexity index is 71.9. The molecule has 0 bridgehead atoms. The maximum atomic E-state index is 9.00. The van der Waals surface area contributed by atoms with Crippen LogP contribution in [0.4, 0.5) is 0 Å². The first-order chi connectivity index (χ1) is 5.65. The zero-order valence-electron chi connectivity index (χ0n) is 8.60. The van der Waals surface area contributed by atoms with Crippen molar-refractivity contribution in [2.75, 3.05) is 0 Å². The van der Waals surface area contributed by atoms with Gasteiger partial charge in [-0.2, -0.15) is 0 Å². The molecule has 0 aromatic heterocycles. The summed E-state index contributed by atoms with van der Waals surface area (Å²) in [5.41, 5.74) is 0. The van der Waals surface area contributed by atoms with Crippen molar-refractivity contribution in [3.8, 4) is 0 Å². The van der Waals surface area contributed by atoms with Gasteiger partial charge in [-0.25, -0.2) is 0 Å². The van der Waals surface area contributed by atoms with Crippen LogP contribution in [0, 0.1) is 0 Å². The van der Waals surface area contributed by atoms with Gasteiger partial charge < -0.3 is 5.11 Å². The fourth-order valence-electron chi connectivity index (χ4n) is 0.500. The van der Waals surface area contributed by atoms with E-state index in [1.54, 1.807) is 0 Å². The fraction of sp³-hybridized carbons (Fsp3) is 0.700. The van der Waals surface area contributed by atoms with E-state index in [0.29, 0.717) is 0 Å². The smallest absolute Gasteiger partial charge is 0.300 e. The van der Waals surface area contributed by atoms with Crippen molar-refractivity contribution in [1.82, 2.24) is 0 Å². The molecule has 12 heavy (non-hydrogen) atoms. The molecule has 0 unspecified atom stereocenters. The first kappa shape index (κ1) is 17.3. The van der Waals surface area contributed by atoms with Gasteiger partial charge in [0.15, 0.2) is 0 Å². The Morgan fingerprint density at radius 3 is 1.42 bits per heavy atom. The second-order valence-electron chi connectivity index (χ2n) is 2.23. The molecule has 0 amide bonds. The second kappa shape index (κ2) is 22.5. The lowest BCUT2D eigenvalue weighted by atomic mass is 10.2. The maximum Gasteiger partial charge on any atom is 0.300 e. The number of carboxylic acids is 1. The van der Waals surface area contributed by atoms with Crippen LogP contribution in [0.25, 0.3) is 0 Å². The molecule has 2 nitrogen and oxygen atoms in total. The van der Waals surface area contributed by atoms with Gasteiger partial charge in [0.2, 0.25) is 0 Å². The van der Waals surface area contributed by atoms with E-state index in [-0.39, 0.29) is 0 Å². The van der Waals surface area contributed by atoms with E-state index in [1.807, 2.05) is 0 Å². The summed E-state index contributed by atoms with van der Waals surface area (Å²) in [6.45, 7) is 11.5. The molecular formula is C10H22O2. The number of unbranched alkanes of at least 4 members (excludes halogenated alkanes) is 3. The van der Waals surface area contributed by atoms with Crippen molar-refractivity contribution in [3.63, 3.8) is 0 Å². The lowest BCUT2D eigenvalue weighted by Gasteiger charge is -1.86. The number of hydrogen-bond acceptors (Lipinski definition) is 1. The second-order valence-corrected chi connectivity index (χ2v) is 2.23. The van der Waals surface area contributed by atoms with E-state index >= 15 is 0 Å². The molecule has 0 aromatic carbocycles. The highest BCUT2D eigenvalue weighted by Crippen LogP contribution is 1.95. The predicted molar refractivity (Wildman–Crippen MR) is 54.4 cm³/mol. The van der Waals surface area contributed by atoms with Crippen LogP contribution in [-0.2, 0) is 4.79 Å². The number of aliphatic carboxylic acids is 1. The third-order valence-electron chi connectivity index (χ3n) is 0.957. The summed E-state index contributed by atoms with van der Waals surface area (Å²) in [7, 11) is 0. The molecule has 0 spiro atoms. The van der Waals surface area contributed by atoms with Crippen molar-refractivity contribution in [1.29, 1.82) is 0 Å². The van der Waals surface area contributed by atoms with Gasteiger partial charge in [-0.15, -0.1) is 13.2 Å². The van der Waals surface area contributed by atoms with Gasteiger partial charge >= 0.3 is 0 Å². The molecule has 0 saturated carbocycles. The van der Waals surface area contributed by atoms with Crippen LogP contribution in [0.2, 0.25) is 0 Å². The molecule has 0 aliphatic heterocycles. The molecule has 0 radical (unpaired) electrons. The molecule has 0 fully saturated rings. The van der Waals surface area contributed by atoms with Crippen LogP contribution < -0.4 is 0 Å². The van der Waals surface area contributed by atoms with E-state index in [1.165, 1.54) is 25.7 Å². The van der Waals surface area contributed by atoms with E-state index in [2.05, 4.69) is 27.0 Å². The lowest BCUT2D eigenvalue weighted by molar-refractivity contribution is -0.134. The normalized spacial score (nSPS) is 6.92. The van der Waals surface area contributed by atoms with Crippen LogP contribution in [-0.4, -0.2) is 11.1 Å². The SMILES string of the molecule is C=C.CC(=O)O.CCCCCC. The fourth-order valence-corrected chi connectivity index (χ4v) is 0.500. The van der Waals surface area contributed by atoms with Gasteiger partial charge in [0.25, 0.3) is 5.97 Å². The highest BCUT2D eigenvalue weighted by atomic mass is 16.4. The van der Waals surface area contributed by atoms with E-state index < -0.39 is 5.97 Å². The van der Waals surface area contributed by atoms with Gasteiger partial charge in [-0.05, 0) is 0 Å². The number of rotatable bonds is 3. The molecule has 0 atom stereocenters. The summed E-state index contributed by atoms with van der Waals surface area (Å²) in [5, 5.41) is 7.42. The Morgan fingerprint density at radius 2 is 1.33 bits per heavy atom. The lowest BCUT2D eigenvalue weighted by Crippen LogP contribution is -1.78. The average molecular weight is 174 g/mol. The highest BCUT2D eigenvalue weighted by Gasteiger charge is 1.75. The Labute approximate surface area is 76.3 Å². The van der Waals surface area contributed by atoms with Gasteiger partial charge in [-0.3, -0.25) is 4.79 Å². The molecule has 2 heteroatoms. The number of hydrogen-bond donors (Lipinski definition) is 1. The average Bonchev–Trinajstić information content (AvgIpc) is 2.04.